The van der Waals surface area contributed by atoms with E-state index in [1.807, 2.05) is 25.1 Å². The molecule has 1 heterocycles. The Morgan fingerprint density at radius 1 is 1.36 bits per heavy atom. The van der Waals surface area contributed by atoms with Crippen molar-refractivity contribution in [2.75, 3.05) is 19.0 Å². The van der Waals surface area contributed by atoms with Gasteiger partial charge < -0.3 is 14.8 Å². The van der Waals surface area contributed by atoms with E-state index < -0.39 is 0 Å². The predicted octanol–water partition coefficient (Wildman–Crippen LogP) is 2.83. The summed E-state index contributed by atoms with van der Waals surface area (Å²) in [6.07, 6.45) is 0.988. The van der Waals surface area contributed by atoms with E-state index in [9.17, 15) is 4.79 Å². The maximum atomic E-state index is 11.9. The van der Waals surface area contributed by atoms with E-state index in [2.05, 4.69) is 14.7 Å². The Hall–Kier alpha value is -2.15. The minimum Gasteiger partial charge on any atom is -0.493 e. The monoisotopic (exact) mass is 321 g/mol. The molecule has 0 aliphatic rings. The van der Waals surface area contributed by atoms with Crippen LogP contribution in [0.3, 0.4) is 0 Å². The molecule has 22 heavy (non-hydrogen) atoms. The average Bonchev–Trinajstić information content (AvgIpc) is 2.91. The molecule has 2 aromatic rings. The zero-order chi connectivity index (χ0) is 15.9. The van der Waals surface area contributed by atoms with Crippen molar-refractivity contribution in [1.82, 2.24) is 9.36 Å². The Morgan fingerprint density at radius 2 is 2.18 bits per heavy atom. The SMILES string of the molecule is CCOc1ccc(CCC(=O)Nc2nc(C)ns2)cc1OC. The van der Waals surface area contributed by atoms with Crippen molar-refractivity contribution in [3.8, 4) is 11.5 Å². The smallest absolute Gasteiger partial charge is 0.226 e. The zero-order valence-electron chi connectivity index (χ0n) is 12.9. The Labute approximate surface area is 133 Å². The highest BCUT2D eigenvalue weighted by Gasteiger charge is 2.09. The first-order valence-electron chi connectivity index (χ1n) is 7.02. The van der Waals surface area contributed by atoms with Crippen LogP contribution in [-0.4, -0.2) is 29.0 Å². The second kappa shape index (κ2) is 7.74. The average molecular weight is 321 g/mol. The third kappa shape index (κ3) is 4.42. The van der Waals surface area contributed by atoms with Crippen LogP contribution < -0.4 is 14.8 Å². The minimum atomic E-state index is -0.0796. The third-order valence-electron chi connectivity index (χ3n) is 2.94. The summed E-state index contributed by atoms with van der Waals surface area (Å²) < 4.78 is 14.8. The van der Waals surface area contributed by atoms with Gasteiger partial charge >= 0.3 is 0 Å². The molecule has 1 aromatic heterocycles. The molecule has 0 aliphatic heterocycles. The van der Waals surface area contributed by atoms with Gasteiger partial charge in [0.15, 0.2) is 11.5 Å². The molecule has 0 spiro atoms. The second-order valence-electron chi connectivity index (χ2n) is 4.61. The fourth-order valence-electron chi connectivity index (χ4n) is 1.93. The van der Waals surface area contributed by atoms with Crippen molar-refractivity contribution in [2.45, 2.75) is 26.7 Å². The van der Waals surface area contributed by atoms with Crippen molar-refractivity contribution in [2.24, 2.45) is 0 Å². The first-order valence-corrected chi connectivity index (χ1v) is 7.79. The second-order valence-corrected chi connectivity index (χ2v) is 5.36. The molecular weight excluding hydrogens is 302 g/mol. The van der Waals surface area contributed by atoms with Crippen LogP contribution in [0, 0.1) is 6.92 Å². The van der Waals surface area contributed by atoms with Crippen LogP contribution in [0.2, 0.25) is 0 Å². The number of nitrogens with zero attached hydrogens (tertiary/aromatic N) is 2. The van der Waals surface area contributed by atoms with Gasteiger partial charge in [-0.3, -0.25) is 4.79 Å². The summed E-state index contributed by atoms with van der Waals surface area (Å²) >= 11 is 1.18. The predicted molar refractivity (Wildman–Crippen MR) is 85.8 cm³/mol. The van der Waals surface area contributed by atoms with Crippen molar-refractivity contribution in [3.63, 3.8) is 0 Å². The topological polar surface area (TPSA) is 73.3 Å². The van der Waals surface area contributed by atoms with Gasteiger partial charge in [-0.25, -0.2) is 4.98 Å². The lowest BCUT2D eigenvalue weighted by Gasteiger charge is -2.10. The lowest BCUT2D eigenvalue weighted by molar-refractivity contribution is -0.116. The van der Waals surface area contributed by atoms with E-state index in [-0.39, 0.29) is 5.91 Å². The van der Waals surface area contributed by atoms with Gasteiger partial charge in [-0.2, -0.15) is 4.37 Å². The summed E-state index contributed by atoms with van der Waals surface area (Å²) in [6, 6.07) is 5.70. The van der Waals surface area contributed by atoms with Crippen molar-refractivity contribution in [3.05, 3.63) is 29.6 Å². The van der Waals surface area contributed by atoms with Gasteiger partial charge in [-0.1, -0.05) is 6.07 Å². The minimum absolute atomic E-state index is 0.0796. The number of methoxy groups -OCH3 is 1. The fraction of sp³-hybridized carbons (Fsp3) is 0.400. The Morgan fingerprint density at radius 3 is 2.82 bits per heavy atom. The number of aromatic nitrogens is 2. The maximum absolute atomic E-state index is 11.9. The van der Waals surface area contributed by atoms with Gasteiger partial charge in [0.2, 0.25) is 11.0 Å². The number of anilines is 1. The molecule has 0 bridgehead atoms. The Bertz CT molecular complexity index is 643. The lowest BCUT2D eigenvalue weighted by atomic mass is 10.1. The standard InChI is InChI=1S/C15H19N3O3S/c1-4-21-12-7-5-11(9-13(12)20-3)6-8-14(19)17-15-16-10(2)18-22-15/h5,7,9H,4,6,8H2,1-3H3,(H,16,17,18,19). The lowest BCUT2D eigenvalue weighted by Crippen LogP contribution is -2.12. The molecule has 2 rings (SSSR count). The maximum Gasteiger partial charge on any atom is 0.226 e. The first-order chi connectivity index (χ1) is 10.6. The first kappa shape index (κ1) is 16.2. The summed E-state index contributed by atoms with van der Waals surface area (Å²) in [5.41, 5.74) is 1.02. The Balaban J connectivity index is 1.92. The van der Waals surface area contributed by atoms with Crippen LogP contribution in [0.5, 0.6) is 11.5 Å². The number of nitrogens with one attached hydrogen (secondary N) is 1. The molecule has 0 atom stereocenters. The van der Waals surface area contributed by atoms with E-state index in [4.69, 9.17) is 9.47 Å². The van der Waals surface area contributed by atoms with Gasteiger partial charge in [0.25, 0.3) is 0 Å². The number of amides is 1. The van der Waals surface area contributed by atoms with Crippen molar-refractivity contribution < 1.29 is 14.3 Å². The van der Waals surface area contributed by atoms with Crippen molar-refractivity contribution in [1.29, 1.82) is 0 Å². The van der Waals surface area contributed by atoms with Crippen LogP contribution in [-0.2, 0) is 11.2 Å². The molecule has 0 fully saturated rings. The van der Waals surface area contributed by atoms with Gasteiger partial charge in [-0.05, 0) is 38.0 Å². The molecule has 0 saturated heterocycles. The normalized spacial score (nSPS) is 10.3. The molecule has 1 amide bonds. The molecular formula is C15H19N3O3S. The number of rotatable bonds is 7. The quantitative estimate of drug-likeness (QED) is 0.849. The molecule has 6 nitrogen and oxygen atoms in total. The van der Waals surface area contributed by atoms with Crippen LogP contribution in [0.4, 0.5) is 5.13 Å². The number of hydrogen-bond acceptors (Lipinski definition) is 6. The summed E-state index contributed by atoms with van der Waals surface area (Å²) in [5, 5.41) is 3.28. The number of benzene rings is 1. The van der Waals surface area contributed by atoms with E-state index in [0.717, 1.165) is 5.56 Å². The van der Waals surface area contributed by atoms with Gasteiger partial charge in [0.05, 0.1) is 13.7 Å². The summed E-state index contributed by atoms with van der Waals surface area (Å²) in [4.78, 5) is 16.0. The highest BCUT2D eigenvalue weighted by atomic mass is 32.1. The number of aryl methyl sites for hydroxylation is 2. The van der Waals surface area contributed by atoms with Crippen LogP contribution in [0.25, 0.3) is 0 Å². The van der Waals surface area contributed by atoms with E-state index in [1.54, 1.807) is 14.0 Å². The summed E-state index contributed by atoms with van der Waals surface area (Å²) in [5.74, 6) is 1.97. The van der Waals surface area contributed by atoms with Gasteiger partial charge in [0, 0.05) is 18.0 Å². The van der Waals surface area contributed by atoms with Crippen LogP contribution >= 0.6 is 11.5 Å². The molecule has 118 valence electrons. The van der Waals surface area contributed by atoms with E-state index >= 15 is 0 Å². The zero-order valence-corrected chi connectivity index (χ0v) is 13.7. The van der Waals surface area contributed by atoms with Crippen molar-refractivity contribution >= 4 is 22.6 Å². The van der Waals surface area contributed by atoms with Gasteiger partial charge in [0.1, 0.15) is 5.82 Å². The van der Waals surface area contributed by atoms with Crippen LogP contribution in [0.1, 0.15) is 24.7 Å². The molecule has 1 aromatic carbocycles. The molecule has 0 unspecified atom stereocenters. The number of hydrogen-bond donors (Lipinski definition) is 1. The van der Waals surface area contributed by atoms with E-state index in [1.165, 1.54) is 11.5 Å². The molecule has 1 N–H and O–H groups in total. The highest BCUT2D eigenvalue weighted by molar-refractivity contribution is 7.09. The Kier molecular flexibility index (Phi) is 5.71. The number of carbonyl (C=O) groups excluding carboxylic acids is 1. The third-order valence-corrected chi connectivity index (χ3v) is 3.66. The molecule has 0 aliphatic carbocycles. The summed E-state index contributed by atoms with van der Waals surface area (Å²) in [6.45, 7) is 4.30. The summed E-state index contributed by atoms with van der Waals surface area (Å²) in [7, 11) is 1.60. The van der Waals surface area contributed by atoms with Gasteiger partial charge in [-0.15, -0.1) is 0 Å². The van der Waals surface area contributed by atoms with E-state index in [0.29, 0.717) is 41.9 Å². The molecule has 0 saturated carbocycles. The number of carbonyl (C=O) groups is 1. The molecule has 7 heteroatoms. The van der Waals surface area contributed by atoms with Crippen LogP contribution in [0.15, 0.2) is 18.2 Å². The molecule has 0 radical (unpaired) electrons. The number of ether oxygens (including phenoxy) is 2. The fourth-order valence-corrected chi connectivity index (χ4v) is 2.52. The highest BCUT2D eigenvalue weighted by Crippen LogP contribution is 2.28. The largest absolute Gasteiger partial charge is 0.493 e.